The largest absolute Gasteiger partial charge is 0.478 e. The van der Waals surface area contributed by atoms with Gasteiger partial charge in [0.25, 0.3) is 5.91 Å². The molecule has 1 heterocycles. The van der Waals surface area contributed by atoms with Crippen molar-refractivity contribution >= 4 is 39.7 Å². The van der Waals surface area contributed by atoms with Crippen molar-refractivity contribution in [3.8, 4) is 11.3 Å². The van der Waals surface area contributed by atoms with E-state index in [0.29, 0.717) is 11.5 Å². The van der Waals surface area contributed by atoms with Crippen LogP contribution in [0.1, 0.15) is 64.3 Å². The molecule has 0 saturated heterocycles. The van der Waals surface area contributed by atoms with Gasteiger partial charge < -0.3 is 15.3 Å². The lowest BCUT2D eigenvalue weighted by molar-refractivity contribution is 0.0696. The van der Waals surface area contributed by atoms with Crippen LogP contribution in [0.15, 0.2) is 78.2 Å². The zero-order valence-corrected chi connectivity index (χ0v) is 21.5. The molecule has 1 amide bonds. The highest BCUT2D eigenvalue weighted by Gasteiger charge is 2.16. The molecular weight excluding hydrogens is 482 g/mol. The molecule has 6 nitrogen and oxygen atoms in total. The zero-order valence-electron chi connectivity index (χ0n) is 20.7. The van der Waals surface area contributed by atoms with E-state index in [0.717, 1.165) is 27.8 Å². The molecule has 1 fully saturated rings. The first-order valence-electron chi connectivity index (χ1n) is 12.5. The Kier molecular flexibility index (Phi) is 7.32. The Labute approximate surface area is 220 Å². The van der Waals surface area contributed by atoms with Crippen molar-refractivity contribution in [1.82, 2.24) is 4.98 Å². The number of nitrogens with zero attached hydrogens (tertiary/aromatic N) is 2. The lowest BCUT2D eigenvalue weighted by atomic mass is 9.84. The van der Waals surface area contributed by atoms with Crippen LogP contribution in [0.5, 0.6) is 0 Å². The number of carbonyl (C=O) groups excluding carboxylic acids is 1. The number of anilines is 3. The molecule has 1 aromatic heterocycles. The normalized spacial score (nSPS) is 13.8. The summed E-state index contributed by atoms with van der Waals surface area (Å²) < 4.78 is 0. The Balaban J connectivity index is 1.22. The number of aromatic nitrogens is 1. The predicted molar refractivity (Wildman–Crippen MR) is 149 cm³/mol. The minimum Gasteiger partial charge on any atom is -0.478 e. The van der Waals surface area contributed by atoms with E-state index in [-0.39, 0.29) is 11.5 Å². The maximum absolute atomic E-state index is 12.8. The molecule has 1 aliphatic carbocycles. The molecule has 0 aliphatic heterocycles. The van der Waals surface area contributed by atoms with Crippen molar-refractivity contribution < 1.29 is 14.7 Å². The van der Waals surface area contributed by atoms with Gasteiger partial charge in [-0.3, -0.25) is 4.79 Å². The van der Waals surface area contributed by atoms with Crippen LogP contribution < -0.4 is 10.2 Å². The fourth-order valence-corrected chi connectivity index (χ4v) is 5.58. The van der Waals surface area contributed by atoms with Gasteiger partial charge in [0.2, 0.25) is 0 Å². The van der Waals surface area contributed by atoms with Gasteiger partial charge in [-0.15, -0.1) is 11.3 Å². The number of hydrogen-bond donors (Lipinski definition) is 2. The highest BCUT2D eigenvalue weighted by molar-refractivity contribution is 7.14. The van der Waals surface area contributed by atoms with Crippen LogP contribution in [-0.2, 0) is 0 Å². The Bertz CT molecular complexity index is 1370. The molecule has 0 radical (unpaired) electrons. The van der Waals surface area contributed by atoms with Crippen molar-refractivity contribution in [2.24, 2.45) is 0 Å². The van der Waals surface area contributed by atoms with E-state index >= 15 is 0 Å². The first-order valence-corrected chi connectivity index (χ1v) is 13.4. The number of carboxylic acid groups (broad SMARTS) is 1. The molecule has 188 valence electrons. The minimum absolute atomic E-state index is 0.138. The molecule has 37 heavy (non-hydrogen) atoms. The number of rotatable bonds is 7. The third kappa shape index (κ3) is 5.73. The topological polar surface area (TPSA) is 82.5 Å². The summed E-state index contributed by atoms with van der Waals surface area (Å²) in [6.07, 6.45) is 6.47. The lowest BCUT2D eigenvalue weighted by Crippen LogP contribution is -2.12. The van der Waals surface area contributed by atoms with Crippen molar-refractivity contribution in [2.75, 3.05) is 17.3 Å². The summed E-state index contributed by atoms with van der Waals surface area (Å²) in [6.45, 7) is 0. The SMILES string of the molecule is CN(c1ccc(C(=O)O)cc1)c1nc(-c2ccc(C(=O)Nc3ccc(C4CCCCC4)cc3)cc2)cs1. The summed E-state index contributed by atoms with van der Waals surface area (Å²) in [7, 11) is 1.90. The molecule has 0 unspecified atom stereocenters. The number of hydrogen-bond acceptors (Lipinski definition) is 5. The second-order valence-corrected chi connectivity index (χ2v) is 10.3. The first kappa shape index (κ1) is 24.7. The van der Waals surface area contributed by atoms with Gasteiger partial charge >= 0.3 is 5.97 Å². The number of carboxylic acids is 1. The molecule has 1 aliphatic rings. The van der Waals surface area contributed by atoms with Crippen LogP contribution in [-0.4, -0.2) is 29.0 Å². The second kappa shape index (κ2) is 11.0. The number of thiazole rings is 1. The summed E-state index contributed by atoms with van der Waals surface area (Å²) in [6, 6.07) is 22.4. The quantitative estimate of drug-likeness (QED) is 0.267. The predicted octanol–water partition coefficient (Wildman–Crippen LogP) is 7.58. The summed E-state index contributed by atoms with van der Waals surface area (Å²) in [5, 5.41) is 14.9. The van der Waals surface area contributed by atoms with Crippen molar-refractivity contribution in [1.29, 1.82) is 0 Å². The van der Waals surface area contributed by atoms with E-state index in [4.69, 9.17) is 10.1 Å². The molecule has 1 saturated carbocycles. The van der Waals surface area contributed by atoms with E-state index in [9.17, 15) is 9.59 Å². The maximum atomic E-state index is 12.8. The average Bonchev–Trinajstić information content (AvgIpc) is 3.44. The first-order chi connectivity index (χ1) is 18.0. The molecule has 7 heteroatoms. The Morgan fingerprint density at radius 2 is 1.54 bits per heavy atom. The molecule has 5 rings (SSSR count). The molecule has 0 bridgehead atoms. The number of carbonyl (C=O) groups is 2. The third-order valence-electron chi connectivity index (χ3n) is 6.97. The highest BCUT2D eigenvalue weighted by atomic mass is 32.1. The van der Waals surface area contributed by atoms with Crippen LogP contribution in [0.25, 0.3) is 11.3 Å². The fraction of sp³-hybridized carbons (Fsp3) is 0.233. The molecule has 4 aromatic rings. The lowest BCUT2D eigenvalue weighted by Gasteiger charge is -2.22. The molecular formula is C30H29N3O3S. The van der Waals surface area contributed by atoms with Crippen molar-refractivity contribution in [3.63, 3.8) is 0 Å². The van der Waals surface area contributed by atoms with Gasteiger partial charge in [0.05, 0.1) is 11.3 Å². The van der Waals surface area contributed by atoms with Gasteiger partial charge in [0, 0.05) is 34.9 Å². The molecule has 3 aromatic carbocycles. The van der Waals surface area contributed by atoms with E-state index in [1.54, 1.807) is 24.3 Å². The Morgan fingerprint density at radius 1 is 0.892 bits per heavy atom. The molecule has 0 atom stereocenters. The number of aromatic carboxylic acids is 1. The van der Waals surface area contributed by atoms with E-state index in [1.165, 1.54) is 49.0 Å². The van der Waals surface area contributed by atoms with Crippen LogP contribution in [0, 0.1) is 0 Å². The van der Waals surface area contributed by atoms with Gasteiger partial charge in [-0.1, -0.05) is 43.5 Å². The van der Waals surface area contributed by atoms with E-state index < -0.39 is 5.97 Å². The smallest absolute Gasteiger partial charge is 0.335 e. The molecule has 0 spiro atoms. The number of amides is 1. The van der Waals surface area contributed by atoms with Crippen molar-refractivity contribution in [2.45, 2.75) is 38.0 Å². The van der Waals surface area contributed by atoms with Gasteiger partial charge in [-0.05, 0) is 72.9 Å². The average molecular weight is 512 g/mol. The van der Waals surface area contributed by atoms with Crippen LogP contribution >= 0.6 is 11.3 Å². The third-order valence-corrected chi connectivity index (χ3v) is 7.89. The van der Waals surface area contributed by atoms with Gasteiger partial charge in [0.1, 0.15) is 0 Å². The Hall–Kier alpha value is -3.97. The zero-order chi connectivity index (χ0) is 25.8. The van der Waals surface area contributed by atoms with E-state index in [1.807, 2.05) is 53.7 Å². The van der Waals surface area contributed by atoms with E-state index in [2.05, 4.69) is 17.4 Å². The second-order valence-electron chi connectivity index (χ2n) is 9.41. The molecule has 2 N–H and O–H groups in total. The van der Waals surface area contributed by atoms with Gasteiger partial charge in [0.15, 0.2) is 5.13 Å². The number of nitrogens with one attached hydrogen (secondary N) is 1. The summed E-state index contributed by atoms with van der Waals surface area (Å²) in [5.41, 5.74) is 5.60. The summed E-state index contributed by atoms with van der Waals surface area (Å²) in [4.78, 5) is 30.5. The van der Waals surface area contributed by atoms with Crippen LogP contribution in [0.4, 0.5) is 16.5 Å². The highest BCUT2D eigenvalue weighted by Crippen LogP contribution is 2.33. The Morgan fingerprint density at radius 3 is 2.19 bits per heavy atom. The monoisotopic (exact) mass is 511 g/mol. The maximum Gasteiger partial charge on any atom is 0.335 e. The summed E-state index contributed by atoms with van der Waals surface area (Å²) in [5.74, 6) is -0.439. The minimum atomic E-state index is -0.949. The summed E-state index contributed by atoms with van der Waals surface area (Å²) >= 11 is 1.50. The standard InChI is InChI=1S/C30H29N3O3S/c1-33(26-17-13-24(14-18-26)29(35)36)30-32-27(19-37-30)22-7-9-23(10-8-22)28(34)31-25-15-11-21(12-16-25)20-5-3-2-4-6-20/h7-20H,2-6H2,1H3,(H,31,34)(H,35,36). The number of benzene rings is 3. The fourth-order valence-electron chi connectivity index (χ4n) is 4.76. The van der Waals surface area contributed by atoms with Gasteiger partial charge in [-0.2, -0.15) is 0 Å². The van der Waals surface area contributed by atoms with Crippen LogP contribution in [0.3, 0.4) is 0 Å². The van der Waals surface area contributed by atoms with Crippen molar-refractivity contribution in [3.05, 3.63) is 94.9 Å². The van der Waals surface area contributed by atoms with Gasteiger partial charge in [-0.25, -0.2) is 9.78 Å². The van der Waals surface area contributed by atoms with Crippen LogP contribution in [0.2, 0.25) is 0 Å².